The molecule has 2 aliphatic heterocycles. The van der Waals surface area contributed by atoms with E-state index in [1.807, 2.05) is 24.0 Å². The van der Waals surface area contributed by atoms with Crippen LogP contribution in [-0.4, -0.2) is 53.3 Å². The van der Waals surface area contributed by atoms with Gasteiger partial charge in [-0.15, -0.1) is 0 Å². The lowest BCUT2D eigenvalue weighted by Crippen LogP contribution is -2.46. The number of rotatable bonds is 5. The maximum Gasteiger partial charge on any atom is 0.260 e. The number of hydrogen-bond acceptors (Lipinski definition) is 7. The summed E-state index contributed by atoms with van der Waals surface area (Å²) in [4.78, 5) is 26.2. The zero-order chi connectivity index (χ0) is 24.0. The normalized spacial score (nSPS) is 19.6. The SMILES string of the molecule is COc1cccc(F)c1-c1nccc2c1CN(c1cc(C)cc(N3CC[C@](N)(CO)C3)n1)C2=O. The van der Waals surface area contributed by atoms with E-state index < -0.39 is 11.4 Å². The summed E-state index contributed by atoms with van der Waals surface area (Å²) in [6, 6.07) is 10.0. The molecule has 3 aromatic rings. The monoisotopic (exact) mass is 463 g/mol. The van der Waals surface area contributed by atoms with Crippen LogP contribution in [0.2, 0.25) is 0 Å². The third-order valence-corrected chi connectivity index (χ3v) is 6.52. The van der Waals surface area contributed by atoms with Gasteiger partial charge in [0.05, 0.1) is 37.1 Å². The Morgan fingerprint density at radius 2 is 2.06 bits per heavy atom. The number of aromatic nitrogens is 2. The number of methoxy groups -OCH3 is 1. The Balaban J connectivity index is 1.52. The van der Waals surface area contributed by atoms with Crippen molar-refractivity contribution in [2.45, 2.75) is 25.4 Å². The van der Waals surface area contributed by atoms with Crippen LogP contribution in [0.15, 0.2) is 42.6 Å². The molecule has 0 spiro atoms. The number of nitrogens with two attached hydrogens (primary N) is 1. The van der Waals surface area contributed by atoms with Gasteiger partial charge < -0.3 is 20.5 Å². The van der Waals surface area contributed by atoms with Gasteiger partial charge in [0.1, 0.15) is 23.2 Å². The summed E-state index contributed by atoms with van der Waals surface area (Å²) in [7, 11) is 1.47. The molecule has 1 aromatic carbocycles. The largest absolute Gasteiger partial charge is 0.496 e. The van der Waals surface area contributed by atoms with E-state index >= 15 is 0 Å². The van der Waals surface area contributed by atoms with Gasteiger partial charge >= 0.3 is 0 Å². The van der Waals surface area contributed by atoms with Crippen LogP contribution in [0.4, 0.5) is 16.0 Å². The highest BCUT2D eigenvalue weighted by Crippen LogP contribution is 2.39. The number of nitrogens with zero attached hydrogens (tertiary/aromatic N) is 4. The van der Waals surface area contributed by atoms with Crippen LogP contribution in [-0.2, 0) is 6.54 Å². The van der Waals surface area contributed by atoms with Crippen LogP contribution in [0.25, 0.3) is 11.3 Å². The number of carbonyl (C=O) groups excluding carboxylic acids is 1. The van der Waals surface area contributed by atoms with Gasteiger partial charge in [-0.3, -0.25) is 14.7 Å². The summed E-state index contributed by atoms with van der Waals surface area (Å²) >= 11 is 0. The van der Waals surface area contributed by atoms with Gasteiger partial charge in [0.15, 0.2) is 0 Å². The highest BCUT2D eigenvalue weighted by molar-refractivity contribution is 6.10. The Labute approximate surface area is 196 Å². The zero-order valence-corrected chi connectivity index (χ0v) is 19.1. The summed E-state index contributed by atoms with van der Waals surface area (Å²) in [5.41, 5.74) is 8.22. The van der Waals surface area contributed by atoms with Crippen LogP contribution in [0.5, 0.6) is 5.75 Å². The van der Waals surface area contributed by atoms with Crippen molar-refractivity contribution in [1.29, 1.82) is 0 Å². The molecule has 2 aromatic heterocycles. The number of aliphatic hydroxyl groups excluding tert-OH is 1. The number of halogens is 1. The minimum atomic E-state index is -0.662. The maximum absolute atomic E-state index is 14.8. The second kappa shape index (κ2) is 8.34. The topological polar surface area (TPSA) is 105 Å². The summed E-state index contributed by atoms with van der Waals surface area (Å²) in [6.45, 7) is 3.20. The molecule has 34 heavy (non-hydrogen) atoms. The van der Waals surface area contributed by atoms with Crippen molar-refractivity contribution >= 4 is 17.5 Å². The van der Waals surface area contributed by atoms with Crippen molar-refractivity contribution in [2.75, 3.05) is 36.6 Å². The van der Waals surface area contributed by atoms with Gasteiger partial charge in [-0.1, -0.05) is 6.07 Å². The lowest BCUT2D eigenvalue weighted by molar-refractivity contribution is 0.0996. The second-order valence-electron chi connectivity index (χ2n) is 8.95. The molecule has 176 valence electrons. The van der Waals surface area contributed by atoms with Gasteiger partial charge in [-0.25, -0.2) is 9.37 Å². The molecule has 2 aliphatic rings. The Bertz CT molecular complexity index is 1280. The van der Waals surface area contributed by atoms with Gasteiger partial charge in [0.2, 0.25) is 0 Å². The minimum absolute atomic E-state index is 0.0998. The van der Waals surface area contributed by atoms with E-state index in [0.29, 0.717) is 53.7 Å². The highest BCUT2D eigenvalue weighted by atomic mass is 19.1. The van der Waals surface area contributed by atoms with Crippen molar-refractivity contribution < 1.29 is 19.0 Å². The number of aliphatic hydroxyl groups is 1. The Morgan fingerprint density at radius 1 is 1.26 bits per heavy atom. The number of benzene rings is 1. The van der Waals surface area contributed by atoms with E-state index in [0.717, 1.165) is 5.56 Å². The molecule has 1 atom stereocenters. The predicted octanol–water partition coefficient (Wildman–Crippen LogP) is 2.66. The van der Waals surface area contributed by atoms with E-state index in [9.17, 15) is 14.3 Å². The fourth-order valence-electron chi connectivity index (χ4n) is 4.68. The minimum Gasteiger partial charge on any atom is -0.496 e. The van der Waals surface area contributed by atoms with E-state index in [1.54, 1.807) is 23.1 Å². The fraction of sp³-hybridized carbons (Fsp3) is 0.320. The van der Waals surface area contributed by atoms with Crippen molar-refractivity contribution in [3.8, 4) is 17.0 Å². The molecule has 1 fully saturated rings. The smallest absolute Gasteiger partial charge is 0.260 e. The first-order valence-electron chi connectivity index (χ1n) is 11.1. The van der Waals surface area contributed by atoms with Crippen molar-refractivity contribution in [3.05, 3.63) is 65.1 Å². The molecule has 0 unspecified atom stereocenters. The van der Waals surface area contributed by atoms with Gasteiger partial charge in [0, 0.05) is 30.4 Å². The van der Waals surface area contributed by atoms with Crippen LogP contribution in [0.1, 0.15) is 27.9 Å². The predicted molar refractivity (Wildman–Crippen MR) is 127 cm³/mol. The summed E-state index contributed by atoms with van der Waals surface area (Å²) in [6.07, 6.45) is 2.17. The molecule has 9 heteroatoms. The molecular weight excluding hydrogens is 437 g/mol. The number of anilines is 2. The van der Waals surface area contributed by atoms with E-state index in [-0.39, 0.29) is 24.6 Å². The van der Waals surface area contributed by atoms with Gasteiger partial charge in [-0.05, 0) is 49.2 Å². The average Bonchev–Trinajstić information content (AvgIpc) is 3.40. The first kappa shape index (κ1) is 22.2. The number of carbonyl (C=O) groups is 1. The second-order valence-corrected chi connectivity index (χ2v) is 8.95. The molecule has 5 rings (SSSR count). The molecular formula is C25H26FN5O3. The summed E-state index contributed by atoms with van der Waals surface area (Å²) in [5.74, 6) is 0.869. The molecule has 0 radical (unpaired) electrons. The molecule has 3 N–H and O–H groups in total. The Morgan fingerprint density at radius 3 is 2.79 bits per heavy atom. The number of pyridine rings is 2. The molecule has 1 amide bonds. The lowest BCUT2D eigenvalue weighted by Gasteiger charge is -2.24. The fourth-order valence-corrected chi connectivity index (χ4v) is 4.68. The number of aryl methyl sites for hydroxylation is 1. The van der Waals surface area contributed by atoms with E-state index in [1.165, 1.54) is 19.4 Å². The summed E-state index contributed by atoms with van der Waals surface area (Å²) < 4.78 is 20.2. The Hall–Kier alpha value is -3.56. The standard InChI is InChI=1S/C25H26FN5O3/c1-15-10-20(30-9-7-25(27,13-30)14-32)29-21(11-15)31-12-17-16(24(31)33)6-8-28-23(17)22-18(26)4-3-5-19(22)34-2/h3-6,8,10-11,32H,7,9,12-14,27H2,1-2H3/t25-/m1/s1. The number of amides is 1. The van der Waals surface area contributed by atoms with Crippen LogP contribution in [0, 0.1) is 12.7 Å². The number of ether oxygens (including phenoxy) is 1. The first-order valence-corrected chi connectivity index (χ1v) is 11.1. The molecule has 1 saturated heterocycles. The maximum atomic E-state index is 14.8. The molecule has 0 aliphatic carbocycles. The summed E-state index contributed by atoms with van der Waals surface area (Å²) in [5, 5.41) is 9.62. The highest BCUT2D eigenvalue weighted by Gasteiger charge is 2.36. The van der Waals surface area contributed by atoms with Gasteiger partial charge in [-0.2, -0.15) is 0 Å². The van der Waals surface area contributed by atoms with E-state index in [2.05, 4.69) is 4.98 Å². The molecule has 0 saturated carbocycles. The van der Waals surface area contributed by atoms with Crippen molar-refractivity contribution in [1.82, 2.24) is 9.97 Å². The molecule has 8 nitrogen and oxygen atoms in total. The average molecular weight is 464 g/mol. The molecule has 0 bridgehead atoms. The quantitative estimate of drug-likeness (QED) is 0.599. The third-order valence-electron chi connectivity index (χ3n) is 6.52. The van der Waals surface area contributed by atoms with Gasteiger partial charge in [0.25, 0.3) is 5.91 Å². The third kappa shape index (κ3) is 3.66. The number of fused-ring (bicyclic) bond motifs is 1. The van der Waals surface area contributed by atoms with Crippen LogP contribution < -0.4 is 20.3 Å². The zero-order valence-electron chi connectivity index (χ0n) is 19.1. The molecule has 4 heterocycles. The Kier molecular flexibility index (Phi) is 5.45. The van der Waals surface area contributed by atoms with E-state index in [4.69, 9.17) is 15.5 Å². The van der Waals surface area contributed by atoms with Crippen LogP contribution in [0.3, 0.4) is 0 Å². The van der Waals surface area contributed by atoms with Crippen molar-refractivity contribution in [2.24, 2.45) is 5.73 Å². The van der Waals surface area contributed by atoms with Crippen molar-refractivity contribution in [3.63, 3.8) is 0 Å². The van der Waals surface area contributed by atoms with Crippen LogP contribution >= 0.6 is 0 Å². The lowest BCUT2D eigenvalue weighted by atomic mass is 10.0. The first-order chi connectivity index (χ1) is 16.3. The number of hydrogen-bond donors (Lipinski definition) is 2.